The maximum absolute atomic E-state index is 13.7. The molecule has 3 rings (SSSR count). The van der Waals surface area contributed by atoms with Gasteiger partial charge in [0, 0.05) is 0 Å². The van der Waals surface area contributed by atoms with Crippen molar-refractivity contribution in [2.45, 2.75) is 0 Å². The van der Waals surface area contributed by atoms with Gasteiger partial charge in [-0.2, -0.15) is 4.57 Å². The fourth-order valence-electron chi connectivity index (χ4n) is 2.14. The van der Waals surface area contributed by atoms with Gasteiger partial charge in [0.2, 0.25) is 0 Å². The number of halogens is 9. The van der Waals surface area contributed by atoms with Gasteiger partial charge in [0.1, 0.15) is 17.5 Å². The Kier molecular flexibility index (Phi) is 8.40. The minimum Gasteiger partial charge on any atom is -0.384 e. The molecule has 0 aliphatic carbocycles. The van der Waals surface area contributed by atoms with Crippen molar-refractivity contribution in [3.05, 3.63) is 82.3 Å². The average Bonchev–Trinajstić information content (AvgIpc) is 2.68. The highest BCUT2D eigenvalue weighted by molar-refractivity contribution is 9.11. The van der Waals surface area contributed by atoms with E-state index in [-0.39, 0.29) is 45.7 Å². The monoisotopic (exact) mass is 716 g/mol. The van der Waals surface area contributed by atoms with Crippen molar-refractivity contribution in [1.82, 2.24) is 0 Å². The summed E-state index contributed by atoms with van der Waals surface area (Å²) >= 11 is 26.8. The largest absolute Gasteiger partial charge is 0.647 e. The molecule has 0 unspecified atom stereocenters. The first-order valence-corrected chi connectivity index (χ1v) is 13.0. The van der Waals surface area contributed by atoms with E-state index in [4.69, 9.17) is 48.4 Å². The minimum absolute atomic E-state index is 0.0615. The Morgan fingerprint density at radius 2 is 0.844 bits per heavy atom. The third-order valence-electron chi connectivity index (χ3n) is 3.55. The van der Waals surface area contributed by atoms with Crippen molar-refractivity contribution in [3.63, 3.8) is 0 Å². The van der Waals surface area contributed by atoms with E-state index >= 15 is 0 Å². The summed E-state index contributed by atoms with van der Waals surface area (Å²) in [7, 11) is -4.75. The predicted octanol–water partition coefficient (Wildman–Crippen LogP) is 10.00. The third kappa shape index (κ3) is 6.09. The highest BCUT2D eigenvalue weighted by Crippen LogP contribution is 2.54. The Balaban J connectivity index is 2.08. The smallest absolute Gasteiger partial charge is 0.384 e. The standard InChI is InChI=1S/C18H6Br3Cl3F3O4P/c19-7-1-16(10(22)4-13(7)25)29-32(28,30-17-2-8(20)14(26)5-11(17)23)31-18-3-9(21)15(27)6-12(18)24/h1-6H. The summed E-state index contributed by atoms with van der Waals surface area (Å²) in [6.07, 6.45) is 0. The molecule has 0 aromatic heterocycles. The Bertz CT molecular complexity index is 1120. The molecule has 0 fully saturated rings. The van der Waals surface area contributed by atoms with Gasteiger partial charge in [-0.1, -0.05) is 34.8 Å². The molecule has 0 radical (unpaired) electrons. The lowest BCUT2D eigenvalue weighted by Crippen LogP contribution is -2.09. The molecule has 0 saturated carbocycles. The van der Waals surface area contributed by atoms with Crippen molar-refractivity contribution >= 4 is 90.4 Å². The molecule has 3 aromatic rings. The van der Waals surface area contributed by atoms with Crippen LogP contribution in [0.15, 0.2) is 49.8 Å². The van der Waals surface area contributed by atoms with Gasteiger partial charge in [-0.25, -0.2) is 13.2 Å². The zero-order chi connectivity index (χ0) is 23.8. The molecule has 3 aromatic carbocycles. The second-order valence-corrected chi connectivity index (χ2v) is 11.0. The van der Waals surface area contributed by atoms with Gasteiger partial charge >= 0.3 is 7.82 Å². The summed E-state index contributed by atoms with van der Waals surface area (Å²) in [5.41, 5.74) is 0. The second kappa shape index (κ2) is 10.3. The third-order valence-corrected chi connectivity index (χ3v) is 7.53. The SMILES string of the molecule is O=P(Oc1cc(Br)c(F)cc1Cl)(Oc1cc(Br)c(F)cc1Cl)Oc1cc(Br)c(F)cc1Cl. The number of rotatable bonds is 6. The van der Waals surface area contributed by atoms with Crippen molar-refractivity contribution in [1.29, 1.82) is 0 Å². The number of benzene rings is 3. The fourth-order valence-corrected chi connectivity index (χ4v) is 5.12. The fraction of sp³-hybridized carbons (Fsp3) is 0. The molecule has 170 valence electrons. The van der Waals surface area contributed by atoms with Crippen LogP contribution in [0.1, 0.15) is 0 Å². The van der Waals surface area contributed by atoms with Gasteiger partial charge in [0.15, 0.2) is 17.2 Å². The van der Waals surface area contributed by atoms with Gasteiger partial charge in [-0.15, -0.1) is 0 Å². The molecule has 0 spiro atoms. The van der Waals surface area contributed by atoms with E-state index in [1.165, 1.54) is 0 Å². The first-order valence-electron chi connectivity index (χ1n) is 8.01. The van der Waals surface area contributed by atoms with Crippen LogP contribution >= 0.6 is 90.4 Å². The van der Waals surface area contributed by atoms with Gasteiger partial charge in [-0.3, -0.25) is 0 Å². The van der Waals surface area contributed by atoms with E-state index < -0.39 is 25.3 Å². The van der Waals surface area contributed by atoms with Crippen LogP contribution in [0.5, 0.6) is 17.2 Å². The van der Waals surface area contributed by atoms with Crippen molar-refractivity contribution in [2.24, 2.45) is 0 Å². The minimum atomic E-state index is -4.75. The molecule has 0 aliphatic heterocycles. The van der Waals surface area contributed by atoms with Crippen LogP contribution in [-0.2, 0) is 4.57 Å². The van der Waals surface area contributed by atoms with Gasteiger partial charge in [0.05, 0.1) is 28.5 Å². The maximum atomic E-state index is 13.7. The van der Waals surface area contributed by atoms with Gasteiger partial charge in [-0.05, 0) is 84.2 Å². The van der Waals surface area contributed by atoms with E-state index in [9.17, 15) is 17.7 Å². The molecule has 0 N–H and O–H groups in total. The van der Waals surface area contributed by atoms with E-state index in [1.807, 2.05) is 0 Å². The molecule has 0 bridgehead atoms. The summed E-state index contributed by atoms with van der Waals surface area (Å²) in [6.45, 7) is 0. The maximum Gasteiger partial charge on any atom is 0.647 e. The number of phosphoric acid groups is 1. The zero-order valence-corrected chi connectivity index (χ0v) is 22.9. The lowest BCUT2D eigenvalue weighted by Gasteiger charge is -2.21. The second-order valence-electron chi connectivity index (χ2n) is 5.81. The number of hydrogen-bond acceptors (Lipinski definition) is 4. The van der Waals surface area contributed by atoms with Crippen LogP contribution in [0.2, 0.25) is 15.1 Å². The molecule has 14 heteroatoms. The van der Waals surface area contributed by atoms with Crippen LogP contribution in [0.3, 0.4) is 0 Å². The Morgan fingerprint density at radius 1 is 0.594 bits per heavy atom. The van der Waals surface area contributed by atoms with E-state index in [2.05, 4.69) is 47.8 Å². The molecule has 32 heavy (non-hydrogen) atoms. The molecule has 0 atom stereocenters. The molecule has 0 aliphatic rings. The van der Waals surface area contributed by atoms with Gasteiger partial charge in [0.25, 0.3) is 0 Å². The molecule has 0 saturated heterocycles. The highest BCUT2D eigenvalue weighted by Gasteiger charge is 2.36. The van der Waals surface area contributed by atoms with E-state index in [1.54, 1.807) is 0 Å². The van der Waals surface area contributed by atoms with E-state index in [0.29, 0.717) is 0 Å². The Labute approximate surface area is 219 Å². The van der Waals surface area contributed by atoms with Crippen molar-refractivity contribution in [2.75, 3.05) is 0 Å². The first-order chi connectivity index (χ1) is 14.9. The molecular weight excluding hydrogens is 714 g/mol. The predicted molar refractivity (Wildman–Crippen MR) is 127 cm³/mol. The number of phosphoric ester groups is 1. The van der Waals surface area contributed by atoms with Crippen molar-refractivity contribution in [3.8, 4) is 17.2 Å². The van der Waals surface area contributed by atoms with E-state index in [0.717, 1.165) is 36.4 Å². The van der Waals surface area contributed by atoms with Crippen LogP contribution in [0.4, 0.5) is 13.2 Å². The summed E-state index contributed by atoms with van der Waals surface area (Å²) in [6, 6.07) is 5.95. The summed E-state index contributed by atoms with van der Waals surface area (Å²) in [5, 5.41) is -0.803. The van der Waals surface area contributed by atoms with Crippen molar-refractivity contribution < 1.29 is 31.3 Å². The van der Waals surface area contributed by atoms with Crippen LogP contribution in [0, 0.1) is 17.5 Å². The van der Waals surface area contributed by atoms with Crippen LogP contribution in [-0.4, -0.2) is 0 Å². The molecular formula is C18H6Br3Cl3F3O4P. The quantitative estimate of drug-likeness (QED) is 0.188. The normalized spacial score (nSPS) is 11.4. The summed E-state index contributed by atoms with van der Waals surface area (Å²) in [4.78, 5) is 0. The average molecular weight is 720 g/mol. The number of hydrogen-bond donors (Lipinski definition) is 0. The highest BCUT2D eigenvalue weighted by atomic mass is 79.9. The molecule has 4 nitrogen and oxygen atoms in total. The van der Waals surface area contributed by atoms with Crippen LogP contribution in [0.25, 0.3) is 0 Å². The summed E-state index contributed by atoms with van der Waals surface area (Å²) in [5.74, 6) is -3.02. The molecule has 0 amide bonds. The molecule has 0 heterocycles. The Morgan fingerprint density at radius 3 is 1.09 bits per heavy atom. The first kappa shape index (κ1) is 26.0. The lowest BCUT2D eigenvalue weighted by molar-refractivity contribution is 0.298. The lowest BCUT2D eigenvalue weighted by atomic mass is 10.3. The van der Waals surface area contributed by atoms with Gasteiger partial charge < -0.3 is 13.6 Å². The summed E-state index contributed by atoms with van der Waals surface area (Å²) < 4.78 is 70.7. The Hall–Kier alpha value is -0.610. The zero-order valence-electron chi connectivity index (χ0n) is 14.9. The topological polar surface area (TPSA) is 44.8 Å². The van der Waals surface area contributed by atoms with Crippen LogP contribution < -0.4 is 13.6 Å².